The average Bonchev–Trinajstić information content (AvgIpc) is 3.05. The van der Waals surface area contributed by atoms with Crippen LogP contribution < -0.4 is 0 Å². The van der Waals surface area contributed by atoms with Gasteiger partial charge < -0.3 is 4.74 Å². The normalized spacial score (nSPS) is 15.6. The number of carbonyl (C=O) groups excluding carboxylic acids is 2. The summed E-state index contributed by atoms with van der Waals surface area (Å²) in [5, 5.41) is 0.814. The van der Waals surface area contributed by atoms with E-state index in [0.29, 0.717) is 11.1 Å². The second-order valence-corrected chi connectivity index (χ2v) is 8.68. The molecule has 2 aliphatic rings. The summed E-state index contributed by atoms with van der Waals surface area (Å²) in [6.45, 7) is -0.233. The minimum atomic E-state index is -0.414. The van der Waals surface area contributed by atoms with Gasteiger partial charge >= 0.3 is 5.97 Å². The molecule has 3 aromatic rings. The summed E-state index contributed by atoms with van der Waals surface area (Å²) < 4.78 is 5.59. The van der Waals surface area contributed by atoms with E-state index in [1.807, 2.05) is 36.4 Å². The fourth-order valence-electron chi connectivity index (χ4n) is 4.98. The molecule has 0 saturated heterocycles. The van der Waals surface area contributed by atoms with E-state index in [9.17, 15) is 9.59 Å². The Labute approximate surface area is 182 Å². The first-order valence-corrected chi connectivity index (χ1v) is 11.4. The van der Waals surface area contributed by atoms with Gasteiger partial charge in [-0.25, -0.2) is 4.79 Å². The summed E-state index contributed by atoms with van der Waals surface area (Å²) >= 11 is 0. The van der Waals surface area contributed by atoms with Gasteiger partial charge in [-0.3, -0.25) is 9.78 Å². The molecule has 0 fully saturated rings. The number of carbonyl (C=O) groups is 2. The van der Waals surface area contributed by atoms with Gasteiger partial charge in [0.15, 0.2) is 12.4 Å². The lowest BCUT2D eigenvalue weighted by atomic mass is 9.90. The van der Waals surface area contributed by atoms with Crippen LogP contribution in [0.25, 0.3) is 10.9 Å². The van der Waals surface area contributed by atoms with Crippen molar-refractivity contribution in [3.63, 3.8) is 0 Å². The van der Waals surface area contributed by atoms with Crippen molar-refractivity contribution in [1.82, 2.24) is 4.98 Å². The van der Waals surface area contributed by atoms with E-state index in [1.165, 1.54) is 24.0 Å². The van der Waals surface area contributed by atoms with Gasteiger partial charge in [0.1, 0.15) is 0 Å². The third-order valence-electron chi connectivity index (χ3n) is 6.63. The molecular formula is C27H27NO3. The van der Waals surface area contributed by atoms with E-state index in [-0.39, 0.29) is 12.4 Å². The molecule has 0 aliphatic heterocycles. The number of pyridine rings is 1. The van der Waals surface area contributed by atoms with Crippen molar-refractivity contribution in [2.24, 2.45) is 0 Å². The van der Waals surface area contributed by atoms with E-state index in [0.717, 1.165) is 67.1 Å². The van der Waals surface area contributed by atoms with Gasteiger partial charge in [-0.15, -0.1) is 0 Å². The number of hydrogen-bond acceptors (Lipinski definition) is 4. The van der Waals surface area contributed by atoms with Crippen molar-refractivity contribution in [3.8, 4) is 0 Å². The number of para-hydroxylation sites is 1. The molecule has 5 rings (SSSR count). The van der Waals surface area contributed by atoms with Crippen LogP contribution in [0.15, 0.2) is 42.5 Å². The standard InChI is InChI=1S/C27H27NO3/c29-25(20-15-14-18-8-4-5-9-19(18)16-20)17-31-27(30)26-21-10-2-1-3-12-23(21)28-24-13-7-6-11-22(24)26/h6-7,11,13-16H,1-5,8-10,12,17H2. The molecule has 0 spiro atoms. The van der Waals surface area contributed by atoms with E-state index in [1.54, 1.807) is 0 Å². The number of ether oxygens (including phenoxy) is 1. The van der Waals surface area contributed by atoms with E-state index >= 15 is 0 Å². The van der Waals surface area contributed by atoms with Crippen LogP contribution in [0.4, 0.5) is 0 Å². The van der Waals surface area contributed by atoms with Gasteiger partial charge in [-0.2, -0.15) is 0 Å². The number of hydrogen-bond donors (Lipinski definition) is 0. The highest BCUT2D eigenvalue weighted by Crippen LogP contribution is 2.29. The van der Waals surface area contributed by atoms with Crippen molar-refractivity contribution in [2.45, 2.75) is 57.8 Å². The van der Waals surface area contributed by atoms with Gasteiger partial charge in [-0.1, -0.05) is 36.8 Å². The Morgan fingerprint density at radius 2 is 1.61 bits per heavy atom. The molecule has 0 unspecified atom stereocenters. The van der Waals surface area contributed by atoms with Gasteiger partial charge in [0, 0.05) is 16.6 Å². The van der Waals surface area contributed by atoms with Crippen molar-refractivity contribution in [3.05, 3.63) is 76.0 Å². The Morgan fingerprint density at radius 1 is 0.839 bits per heavy atom. The molecule has 158 valence electrons. The Hall–Kier alpha value is -3.01. The maximum absolute atomic E-state index is 13.2. The number of benzene rings is 2. The van der Waals surface area contributed by atoms with Crippen molar-refractivity contribution >= 4 is 22.7 Å². The molecule has 0 N–H and O–H groups in total. The maximum atomic E-state index is 13.2. The molecule has 4 heteroatoms. The topological polar surface area (TPSA) is 56.3 Å². The van der Waals surface area contributed by atoms with Crippen LogP contribution in [-0.2, 0) is 30.4 Å². The fraction of sp³-hybridized carbons (Fsp3) is 0.370. The first kappa shape index (κ1) is 19.9. The van der Waals surface area contributed by atoms with Crippen molar-refractivity contribution in [1.29, 1.82) is 0 Å². The molecule has 1 aromatic heterocycles. The maximum Gasteiger partial charge on any atom is 0.339 e. The number of aromatic nitrogens is 1. The molecule has 0 atom stereocenters. The van der Waals surface area contributed by atoms with Gasteiger partial charge in [-0.05, 0) is 80.2 Å². The largest absolute Gasteiger partial charge is 0.454 e. The first-order chi connectivity index (χ1) is 15.2. The second kappa shape index (κ2) is 8.62. The summed E-state index contributed by atoms with van der Waals surface area (Å²) in [6.07, 6.45) is 9.46. The summed E-state index contributed by atoms with van der Waals surface area (Å²) in [6, 6.07) is 13.6. The molecule has 0 bridgehead atoms. The Balaban J connectivity index is 1.40. The summed E-state index contributed by atoms with van der Waals surface area (Å²) in [4.78, 5) is 30.8. The SMILES string of the molecule is O=C(COC(=O)c1c2c(nc3ccccc13)CCCCC2)c1ccc2c(c1)CCCC2. The number of rotatable bonds is 4. The highest BCUT2D eigenvalue weighted by Gasteiger charge is 2.24. The number of ketones is 1. The van der Waals surface area contributed by atoms with Crippen molar-refractivity contribution in [2.75, 3.05) is 6.61 Å². The van der Waals surface area contributed by atoms with Gasteiger partial charge in [0.25, 0.3) is 0 Å². The fourth-order valence-corrected chi connectivity index (χ4v) is 4.98. The molecule has 0 saturated carbocycles. The monoisotopic (exact) mass is 413 g/mol. The molecule has 4 nitrogen and oxygen atoms in total. The molecule has 0 radical (unpaired) electrons. The highest BCUT2D eigenvalue weighted by molar-refractivity contribution is 6.06. The van der Waals surface area contributed by atoms with E-state index < -0.39 is 5.97 Å². The quantitative estimate of drug-likeness (QED) is 0.325. The molecule has 0 amide bonds. The predicted octanol–water partition coefficient (Wildman–Crippen LogP) is 5.42. The van der Waals surface area contributed by atoms with Gasteiger partial charge in [0.2, 0.25) is 0 Å². The van der Waals surface area contributed by atoms with Crippen LogP contribution in [0, 0.1) is 0 Å². The van der Waals surface area contributed by atoms with E-state index in [2.05, 4.69) is 6.07 Å². The summed E-state index contributed by atoms with van der Waals surface area (Å²) in [5.74, 6) is -0.561. The second-order valence-electron chi connectivity index (χ2n) is 8.68. The Kier molecular flexibility index (Phi) is 5.54. The number of Topliss-reactive ketones (excluding diaryl/α,β-unsaturated/α-hetero) is 1. The first-order valence-electron chi connectivity index (χ1n) is 11.4. The highest BCUT2D eigenvalue weighted by atomic mass is 16.5. The van der Waals surface area contributed by atoms with Crippen LogP contribution in [0.1, 0.15) is 75.2 Å². The zero-order valence-corrected chi connectivity index (χ0v) is 17.8. The Bertz CT molecular complexity index is 1160. The lowest BCUT2D eigenvalue weighted by Gasteiger charge is -2.17. The smallest absolute Gasteiger partial charge is 0.339 e. The lowest BCUT2D eigenvalue weighted by Crippen LogP contribution is -2.17. The zero-order valence-electron chi connectivity index (χ0n) is 17.8. The molecule has 31 heavy (non-hydrogen) atoms. The van der Waals surface area contributed by atoms with Crippen LogP contribution >= 0.6 is 0 Å². The molecule has 2 aliphatic carbocycles. The predicted molar refractivity (Wildman–Crippen MR) is 121 cm³/mol. The number of fused-ring (bicyclic) bond motifs is 3. The molecule has 2 aromatic carbocycles. The van der Waals surface area contributed by atoms with Crippen LogP contribution in [-0.4, -0.2) is 23.3 Å². The molecule has 1 heterocycles. The third kappa shape index (κ3) is 3.99. The summed E-state index contributed by atoms with van der Waals surface area (Å²) in [7, 11) is 0. The number of esters is 1. The Morgan fingerprint density at radius 3 is 2.52 bits per heavy atom. The molecular weight excluding hydrogens is 386 g/mol. The lowest BCUT2D eigenvalue weighted by molar-refractivity contribution is 0.0475. The average molecular weight is 414 g/mol. The minimum absolute atomic E-state index is 0.147. The van der Waals surface area contributed by atoms with Crippen LogP contribution in [0.3, 0.4) is 0 Å². The summed E-state index contributed by atoms with van der Waals surface area (Å²) in [5.41, 5.74) is 6.65. The van der Waals surface area contributed by atoms with Gasteiger partial charge in [0.05, 0.1) is 11.1 Å². The third-order valence-corrected chi connectivity index (χ3v) is 6.63. The van der Waals surface area contributed by atoms with E-state index in [4.69, 9.17) is 9.72 Å². The minimum Gasteiger partial charge on any atom is -0.454 e. The van der Waals surface area contributed by atoms with Crippen molar-refractivity contribution < 1.29 is 14.3 Å². The van der Waals surface area contributed by atoms with Crippen LogP contribution in [0.5, 0.6) is 0 Å². The van der Waals surface area contributed by atoms with Crippen LogP contribution in [0.2, 0.25) is 0 Å². The number of nitrogens with zero attached hydrogens (tertiary/aromatic N) is 1. The number of aryl methyl sites for hydroxylation is 3. The zero-order chi connectivity index (χ0) is 21.2.